The Labute approximate surface area is 182 Å². The van der Waals surface area contributed by atoms with Crippen LogP contribution < -0.4 is 20.1 Å². The van der Waals surface area contributed by atoms with Gasteiger partial charge in [0.25, 0.3) is 5.69 Å². The van der Waals surface area contributed by atoms with E-state index in [0.29, 0.717) is 31.2 Å². The van der Waals surface area contributed by atoms with E-state index in [4.69, 9.17) is 9.47 Å². The van der Waals surface area contributed by atoms with E-state index in [1.807, 2.05) is 30.3 Å². The lowest BCUT2D eigenvalue weighted by Crippen LogP contribution is -2.21. The van der Waals surface area contributed by atoms with Crippen molar-refractivity contribution in [1.82, 2.24) is 5.32 Å². The molecule has 0 spiro atoms. The van der Waals surface area contributed by atoms with Crippen molar-refractivity contribution in [2.24, 2.45) is 0 Å². The molecule has 0 amide bonds. The smallest absolute Gasteiger partial charge is 0.269 e. The van der Waals surface area contributed by atoms with Crippen LogP contribution in [0.2, 0.25) is 0 Å². The molecule has 0 aliphatic heterocycles. The first-order valence-corrected chi connectivity index (χ1v) is 10.1. The molecular weight excluding hydrogens is 394 g/mol. The SMILES string of the molecule is COc1cc(CNCCNc2ccc([N+](=O)[O-])cc2)ccc1OCc1ccccc1C. The summed E-state index contributed by atoms with van der Waals surface area (Å²) in [7, 11) is 1.64. The number of benzene rings is 3. The van der Waals surface area contributed by atoms with Crippen LogP contribution in [0, 0.1) is 17.0 Å². The number of nitrogens with one attached hydrogen (secondary N) is 2. The molecule has 3 rings (SSSR count). The van der Waals surface area contributed by atoms with Gasteiger partial charge in [-0.2, -0.15) is 0 Å². The molecule has 7 heteroatoms. The van der Waals surface area contributed by atoms with Crippen LogP contribution in [0.5, 0.6) is 11.5 Å². The summed E-state index contributed by atoms with van der Waals surface area (Å²) in [5, 5.41) is 17.3. The van der Waals surface area contributed by atoms with E-state index in [9.17, 15) is 10.1 Å². The summed E-state index contributed by atoms with van der Waals surface area (Å²) in [6.45, 7) is 4.70. The first kappa shape index (κ1) is 22.1. The van der Waals surface area contributed by atoms with Crippen LogP contribution in [0.15, 0.2) is 66.7 Å². The second-order valence-corrected chi connectivity index (χ2v) is 7.11. The van der Waals surface area contributed by atoms with Crippen molar-refractivity contribution in [1.29, 1.82) is 0 Å². The van der Waals surface area contributed by atoms with Crippen molar-refractivity contribution in [3.8, 4) is 11.5 Å². The van der Waals surface area contributed by atoms with Gasteiger partial charge in [-0.15, -0.1) is 0 Å². The van der Waals surface area contributed by atoms with Crippen molar-refractivity contribution >= 4 is 11.4 Å². The highest BCUT2D eigenvalue weighted by Crippen LogP contribution is 2.29. The number of hydrogen-bond acceptors (Lipinski definition) is 6. The average molecular weight is 421 g/mol. The van der Waals surface area contributed by atoms with Crippen LogP contribution in [0.3, 0.4) is 0 Å². The summed E-state index contributed by atoms with van der Waals surface area (Å²) in [6, 6.07) is 20.5. The fourth-order valence-corrected chi connectivity index (χ4v) is 3.10. The summed E-state index contributed by atoms with van der Waals surface area (Å²) < 4.78 is 11.5. The molecule has 0 aliphatic carbocycles. The normalized spacial score (nSPS) is 10.5. The number of nitro benzene ring substituents is 1. The molecule has 0 saturated heterocycles. The van der Waals surface area contributed by atoms with E-state index in [-0.39, 0.29) is 5.69 Å². The third-order valence-corrected chi connectivity index (χ3v) is 4.91. The minimum absolute atomic E-state index is 0.0870. The maximum atomic E-state index is 10.7. The number of anilines is 1. The Morgan fingerprint density at radius 2 is 1.74 bits per heavy atom. The second kappa shape index (κ2) is 11.0. The topological polar surface area (TPSA) is 85.7 Å². The molecule has 3 aromatic carbocycles. The number of hydrogen-bond donors (Lipinski definition) is 2. The Morgan fingerprint density at radius 1 is 0.968 bits per heavy atom. The summed E-state index contributed by atoms with van der Waals surface area (Å²) in [6.07, 6.45) is 0. The lowest BCUT2D eigenvalue weighted by Gasteiger charge is -2.14. The van der Waals surface area contributed by atoms with Crippen LogP contribution in [0.25, 0.3) is 0 Å². The lowest BCUT2D eigenvalue weighted by atomic mass is 10.1. The van der Waals surface area contributed by atoms with Crippen molar-refractivity contribution in [3.05, 3.63) is 93.5 Å². The fourth-order valence-electron chi connectivity index (χ4n) is 3.10. The van der Waals surface area contributed by atoms with Gasteiger partial charge in [0.2, 0.25) is 0 Å². The van der Waals surface area contributed by atoms with Crippen LogP contribution >= 0.6 is 0 Å². The molecule has 0 saturated carbocycles. The predicted octanol–water partition coefficient (Wildman–Crippen LogP) is 4.69. The van der Waals surface area contributed by atoms with Gasteiger partial charge in [0, 0.05) is 37.5 Å². The zero-order valence-corrected chi connectivity index (χ0v) is 17.8. The molecule has 0 atom stereocenters. The van der Waals surface area contributed by atoms with E-state index < -0.39 is 4.92 Å². The predicted molar refractivity (Wildman–Crippen MR) is 122 cm³/mol. The van der Waals surface area contributed by atoms with Crippen LogP contribution in [0.1, 0.15) is 16.7 Å². The molecule has 0 fully saturated rings. The van der Waals surface area contributed by atoms with E-state index in [1.54, 1.807) is 19.2 Å². The van der Waals surface area contributed by atoms with Gasteiger partial charge in [0.1, 0.15) is 6.61 Å². The maximum Gasteiger partial charge on any atom is 0.269 e. The quantitative estimate of drug-likeness (QED) is 0.265. The molecule has 0 unspecified atom stereocenters. The fraction of sp³-hybridized carbons (Fsp3) is 0.250. The molecule has 0 aromatic heterocycles. The largest absolute Gasteiger partial charge is 0.493 e. The molecule has 2 N–H and O–H groups in total. The van der Waals surface area contributed by atoms with E-state index in [2.05, 4.69) is 29.7 Å². The zero-order chi connectivity index (χ0) is 22.1. The Hall–Kier alpha value is -3.58. The van der Waals surface area contributed by atoms with Gasteiger partial charge >= 0.3 is 0 Å². The van der Waals surface area contributed by atoms with Gasteiger partial charge < -0.3 is 20.1 Å². The Morgan fingerprint density at radius 3 is 2.45 bits per heavy atom. The monoisotopic (exact) mass is 421 g/mol. The van der Waals surface area contributed by atoms with E-state index in [0.717, 1.165) is 23.4 Å². The zero-order valence-electron chi connectivity index (χ0n) is 17.8. The third-order valence-electron chi connectivity index (χ3n) is 4.91. The third kappa shape index (κ3) is 6.45. The van der Waals surface area contributed by atoms with Crippen LogP contribution in [-0.2, 0) is 13.2 Å². The van der Waals surface area contributed by atoms with Gasteiger partial charge in [-0.3, -0.25) is 10.1 Å². The number of non-ortho nitro benzene ring substituents is 1. The van der Waals surface area contributed by atoms with Crippen LogP contribution in [0.4, 0.5) is 11.4 Å². The maximum absolute atomic E-state index is 10.7. The Kier molecular flexibility index (Phi) is 7.84. The summed E-state index contributed by atoms with van der Waals surface area (Å²) in [5.74, 6) is 1.42. The van der Waals surface area contributed by atoms with Crippen molar-refractivity contribution in [2.75, 3.05) is 25.5 Å². The standard InChI is InChI=1S/C24H27N3O4/c1-18-5-3-4-6-20(18)17-31-23-12-7-19(15-24(23)30-2)16-25-13-14-26-21-8-10-22(11-9-21)27(28)29/h3-12,15,25-26H,13-14,16-17H2,1-2H3. The first-order chi connectivity index (χ1) is 15.1. The number of nitro groups is 1. The van der Waals surface area contributed by atoms with Gasteiger partial charge in [0.05, 0.1) is 12.0 Å². The van der Waals surface area contributed by atoms with E-state index >= 15 is 0 Å². The number of nitrogens with zero attached hydrogens (tertiary/aromatic N) is 1. The summed E-state index contributed by atoms with van der Waals surface area (Å²) >= 11 is 0. The van der Waals surface area contributed by atoms with Crippen molar-refractivity contribution < 1.29 is 14.4 Å². The van der Waals surface area contributed by atoms with Gasteiger partial charge in [-0.05, 0) is 47.9 Å². The first-order valence-electron chi connectivity index (χ1n) is 10.1. The van der Waals surface area contributed by atoms with Gasteiger partial charge in [-0.25, -0.2) is 0 Å². The number of ether oxygens (including phenoxy) is 2. The molecule has 0 aliphatic rings. The molecule has 0 heterocycles. The molecule has 7 nitrogen and oxygen atoms in total. The lowest BCUT2D eigenvalue weighted by molar-refractivity contribution is -0.384. The van der Waals surface area contributed by atoms with Gasteiger partial charge in [-0.1, -0.05) is 30.3 Å². The summed E-state index contributed by atoms with van der Waals surface area (Å²) in [5.41, 5.74) is 4.38. The molecule has 0 bridgehead atoms. The van der Waals surface area contributed by atoms with Crippen molar-refractivity contribution in [3.63, 3.8) is 0 Å². The minimum atomic E-state index is -0.404. The highest BCUT2D eigenvalue weighted by atomic mass is 16.6. The molecule has 162 valence electrons. The second-order valence-electron chi connectivity index (χ2n) is 7.11. The number of rotatable bonds is 11. The highest BCUT2D eigenvalue weighted by molar-refractivity contribution is 5.48. The average Bonchev–Trinajstić information content (AvgIpc) is 2.79. The molecular formula is C24H27N3O4. The molecule has 31 heavy (non-hydrogen) atoms. The molecule has 3 aromatic rings. The Bertz CT molecular complexity index is 1010. The minimum Gasteiger partial charge on any atom is -0.493 e. The Balaban J connectivity index is 1.45. The summed E-state index contributed by atoms with van der Waals surface area (Å²) in [4.78, 5) is 10.3. The van der Waals surface area contributed by atoms with Gasteiger partial charge in [0.15, 0.2) is 11.5 Å². The van der Waals surface area contributed by atoms with Crippen molar-refractivity contribution in [2.45, 2.75) is 20.1 Å². The number of methoxy groups -OCH3 is 1. The van der Waals surface area contributed by atoms with Crippen LogP contribution in [-0.4, -0.2) is 25.1 Å². The number of aryl methyl sites for hydroxylation is 1. The van der Waals surface area contributed by atoms with E-state index in [1.165, 1.54) is 17.7 Å². The highest BCUT2D eigenvalue weighted by Gasteiger charge is 2.07. The molecule has 0 radical (unpaired) electrons.